The van der Waals surface area contributed by atoms with Crippen LogP contribution in [0.5, 0.6) is 0 Å². The molecular formula is C19H26N2O3S2. The standard InChI is InChI=1S/C19H26N2O3S2/c1-2-17-9-10-19(25-17)26(22,23)20-11-6-12-21-13-14-24-18(15-21)16-7-4-3-5-8-16/h3-5,7-10,18,20H,2,6,11-15H2,1H3/t18-/m1/s1. The molecule has 1 aliphatic heterocycles. The van der Waals surface area contributed by atoms with Gasteiger partial charge in [0.25, 0.3) is 0 Å². The lowest BCUT2D eigenvalue weighted by Gasteiger charge is -2.33. The Kier molecular flexibility index (Phi) is 6.83. The van der Waals surface area contributed by atoms with E-state index >= 15 is 0 Å². The zero-order valence-corrected chi connectivity index (χ0v) is 16.7. The Morgan fingerprint density at radius 3 is 2.77 bits per heavy atom. The van der Waals surface area contributed by atoms with Gasteiger partial charge in [0.05, 0.1) is 12.7 Å². The van der Waals surface area contributed by atoms with Gasteiger partial charge in [0.15, 0.2) is 0 Å². The third-order valence-corrected chi connectivity index (χ3v) is 7.70. The van der Waals surface area contributed by atoms with Gasteiger partial charge in [-0.3, -0.25) is 4.90 Å². The summed E-state index contributed by atoms with van der Waals surface area (Å²) in [4.78, 5) is 3.43. The Morgan fingerprint density at radius 1 is 1.23 bits per heavy atom. The number of nitrogens with one attached hydrogen (secondary N) is 1. The quantitative estimate of drug-likeness (QED) is 0.699. The first-order chi connectivity index (χ1) is 12.6. The molecule has 1 fully saturated rings. The summed E-state index contributed by atoms with van der Waals surface area (Å²) in [5.74, 6) is 0. The van der Waals surface area contributed by atoms with Gasteiger partial charge >= 0.3 is 0 Å². The lowest BCUT2D eigenvalue weighted by molar-refractivity contribution is -0.0300. The van der Waals surface area contributed by atoms with Crippen molar-refractivity contribution >= 4 is 21.4 Å². The van der Waals surface area contributed by atoms with Crippen molar-refractivity contribution in [2.24, 2.45) is 0 Å². The van der Waals surface area contributed by atoms with Crippen LogP contribution in [-0.4, -0.2) is 46.1 Å². The first-order valence-electron chi connectivity index (χ1n) is 9.06. The molecule has 1 aromatic heterocycles. The highest BCUT2D eigenvalue weighted by Gasteiger charge is 2.22. The van der Waals surface area contributed by atoms with Crippen LogP contribution in [0.1, 0.15) is 29.9 Å². The summed E-state index contributed by atoms with van der Waals surface area (Å²) in [5, 5.41) is 0. The van der Waals surface area contributed by atoms with Gasteiger partial charge in [0.1, 0.15) is 4.21 Å². The minimum atomic E-state index is -3.38. The molecule has 0 radical (unpaired) electrons. The van der Waals surface area contributed by atoms with Crippen LogP contribution in [0, 0.1) is 0 Å². The van der Waals surface area contributed by atoms with Gasteiger partial charge in [0, 0.05) is 24.5 Å². The Balaban J connectivity index is 1.44. The van der Waals surface area contributed by atoms with Gasteiger partial charge in [-0.1, -0.05) is 37.3 Å². The maximum Gasteiger partial charge on any atom is 0.250 e. The van der Waals surface area contributed by atoms with Crippen molar-refractivity contribution in [3.05, 3.63) is 52.9 Å². The van der Waals surface area contributed by atoms with Crippen LogP contribution < -0.4 is 4.72 Å². The highest BCUT2D eigenvalue weighted by Crippen LogP contribution is 2.23. The Morgan fingerprint density at radius 2 is 2.04 bits per heavy atom. The van der Waals surface area contributed by atoms with Crippen LogP contribution in [0.2, 0.25) is 0 Å². The molecule has 5 nitrogen and oxygen atoms in total. The van der Waals surface area contributed by atoms with Crippen LogP contribution in [0.15, 0.2) is 46.7 Å². The molecule has 0 amide bonds. The van der Waals surface area contributed by atoms with Crippen LogP contribution in [0.4, 0.5) is 0 Å². The van der Waals surface area contributed by atoms with Crippen LogP contribution in [-0.2, 0) is 21.2 Å². The van der Waals surface area contributed by atoms with E-state index in [1.165, 1.54) is 16.9 Å². The van der Waals surface area contributed by atoms with Gasteiger partial charge in [-0.15, -0.1) is 11.3 Å². The summed E-state index contributed by atoms with van der Waals surface area (Å²) >= 11 is 1.35. The molecule has 2 aromatic rings. The molecular weight excluding hydrogens is 368 g/mol. The fourth-order valence-corrected chi connectivity index (χ4v) is 5.46. The summed E-state index contributed by atoms with van der Waals surface area (Å²) in [6, 6.07) is 13.8. The predicted molar refractivity (Wildman–Crippen MR) is 105 cm³/mol. The maximum atomic E-state index is 12.3. The van der Waals surface area contributed by atoms with E-state index in [0.717, 1.165) is 37.4 Å². The van der Waals surface area contributed by atoms with E-state index in [-0.39, 0.29) is 6.10 Å². The molecule has 3 rings (SSSR count). The molecule has 1 aliphatic rings. The van der Waals surface area contributed by atoms with Crippen molar-refractivity contribution in [2.45, 2.75) is 30.1 Å². The molecule has 142 valence electrons. The SMILES string of the molecule is CCc1ccc(S(=O)(=O)NCCCN2CCO[C@@H](c3ccccc3)C2)s1. The molecule has 0 aliphatic carbocycles. The average Bonchev–Trinajstić information content (AvgIpc) is 3.17. The molecule has 0 saturated carbocycles. The Labute approximate surface area is 160 Å². The molecule has 1 N–H and O–H groups in total. The third kappa shape index (κ3) is 5.14. The molecule has 26 heavy (non-hydrogen) atoms. The molecule has 0 bridgehead atoms. The molecule has 0 spiro atoms. The number of sulfonamides is 1. The Bertz CT molecular complexity index is 790. The topological polar surface area (TPSA) is 58.6 Å². The Hall–Kier alpha value is -1.25. The highest BCUT2D eigenvalue weighted by atomic mass is 32.2. The number of morpholine rings is 1. The fourth-order valence-electron chi connectivity index (χ4n) is 3.05. The van der Waals surface area contributed by atoms with Crippen molar-refractivity contribution in [3.8, 4) is 0 Å². The minimum absolute atomic E-state index is 0.0974. The number of thiophene rings is 1. The average molecular weight is 395 g/mol. The second kappa shape index (κ2) is 9.10. The molecule has 7 heteroatoms. The first-order valence-corrected chi connectivity index (χ1v) is 11.4. The number of benzene rings is 1. The van der Waals surface area contributed by atoms with Gasteiger partial charge in [-0.25, -0.2) is 13.1 Å². The van der Waals surface area contributed by atoms with Crippen molar-refractivity contribution in [1.29, 1.82) is 0 Å². The zero-order valence-electron chi connectivity index (χ0n) is 15.1. The van der Waals surface area contributed by atoms with Crippen molar-refractivity contribution < 1.29 is 13.2 Å². The summed E-state index contributed by atoms with van der Waals surface area (Å²) in [6.07, 6.45) is 1.74. The number of nitrogens with zero attached hydrogens (tertiary/aromatic N) is 1. The van der Waals surface area contributed by atoms with Crippen molar-refractivity contribution in [3.63, 3.8) is 0 Å². The lowest BCUT2D eigenvalue weighted by Crippen LogP contribution is -2.39. The molecule has 1 atom stereocenters. The van der Waals surface area contributed by atoms with Crippen LogP contribution in [0.3, 0.4) is 0 Å². The van der Waals surface area contributed by atoms with Gasteiger partial charge in [0.2, 0.25) is 10.0 Å². The highest BCUT2D eigenvalue weighted by molar-refractivity contribution is 7.91. The second-order valence-corrected chi connectivity index (χ2v) is 9.56. The fraction of sp³-hybridized carbons (Fsp3) is 0.474. The van der Waals surface area contributed by atoms with Crippen LogP contribution in [0.25, 0.3) is 0 Å². The van der Waals surface area contributed by atoms with Crippen molar-refractivity contribution in [1.82, 2.24) is 9.62 Å². The molecule has 2 heterocycles. The maximum absolute atomic E-state index is 12.3. The monoisotopic (exact) mass is 394 g/mol. The second-order valence-electron chi connectivity index (χ2n) is 6.40. The molecule has 0 unspecified atom stereocenters. The number of ether oxygens (including phenoxy) is 1. The summed E-state index contributed by atoms with van der Waals surface area (Å²) in [6.45, 7) is 5.79. The minimum Gasteiger partial charge on any atom is -0.371 e. The molecule has 1 aromatic carbocycles. The summed E-state index contributed by atoms with van der Waals surface area (Å²) in [5.41, 5.74) is 1.20. The van der Waals surface area contributed by atoms with E-state index in [1.54, 1.807) is 6.07 Å². The van der Waals surface area contributed by atoms with E-state index in [2.05, 4.69) is 21.8 Å². The molecule has 1 saturated heterocycles. The van der Waals surface area contributed by atoms with Gasteiger partial charge in [-0.05, 0) is 37.1 Å². The third-order valence-electron chi connectivity index (χ3n) is 4.52. The number of hydrogen-bond acceptors (Lipinski definition) is 5. The normalized spacial score (nSPS) is 18.9. The van der Waals surface area contributed by atoms with E-state index in [9.17, 15) is 8.42 Å². The van der Waals surface area contributed by atoms with Crippen LogP contribution >= 0.6 is 11.3 Å². The summed E-state index contributed by atoms with van der Waals surface area (Å²) < 4.78 is 33.6. The van der Waals surface area contributed by atoms with Gasteiger partial charge in [-0.2, -0.15) is 0 Å². The predicted octanol–water partition coefficient (Wildman–Crippen LogP) is 3.05. The zero-order chi connectivity index (χ0) is 18.4. The first kappa shape index (κ1) is 19.5. The lowest BCUT2D eigenvalue weighted by atomic mass is 10.1. The largest absolute Gasteiger partial charge is 0.371 e. The summed E-state index contributed by atoms with van der Waals surface area (Å²) in [7, 11) is -3.38. The number of hydrogen-bond donors (Lipinski definition) is 1. The van der Waals surface area contributed by atoms with Gasteiger partial charge < -0.3 is 4.74 Å². The van der Waals surface area contributed by atoms with Crippen molar-refractivity contribution in [2.75, 3.05) is 32.8 Å². The van der Waals surface area contributed by atoms with E-state index < -0.39 is 10.0 Å². The van der Waals surface area contributed by atoms with E-state index in [4.69, 9.17) is 4.74 Å². The smallest absolute Gasteiger partial charge is 0.250 e. The van der Waals surface area contributed by atoms with E-state index in [1.807, 2.05) is 31.2 Å². The number of rotatable bonds is 8. The van der Waals surface area contributed by atoms with E-state index in [0.29, 0.717) is 17.4 Å². The number of aryl methyl sites for hydroxylation is 1.